The molecule has 4 aromatic carbocycles. The Hall–Kier alpha value is -4.13. The lowest BCUT2D eigenvalue weighted by atomic mass is 9.66. The zero-order valence-electron chi connectivity index (χ0n) is 19.9. The normalized spacial score (nSPS) is 13.3. The van der Waals surface area contributed by atoms with Crippen LogP contribution in [0.4, 0.5) is 0 Å². The van der Waals surface area contributed by atoms with E-state index in [1.807, 2.05) is 42.5 Å². The van der Waals surface area contributed by atoms with E-state index in [2.05, 4.69) is 0 Å². The van der Waals surface area contributed by atoms with E-state index >= 15 is 0 Å². The lowest BCUT2D eigenvalue weighted by molar-refractivity contribution is 0.0697. The molecule has 0 aromatic heterocycles. The third-order valence-corrected chi connectivity index (χ3v) is 7.26. The summed E-state index contributed by atoms with van der Waals surface area (Å²) >= 11 is 0. The van der Waals surface area contributed by atoms with Gasteiger partial charge in [0, 0.05) is 16.7 Å². The predicted molar refractivity (Wildman–Crippen MR) is 135 cm³/mol. The Bertz CT molecular complexity index is 1480. The number of benzene rings is 4. The SMILES string of the molecule is Cc1cc(C2(c3cc(C)c(O)c(CO)c3)c3ccccc3-c3c(C(=O)O)cccc32)cc(CO)c1O. The summed E-state index contributed by atoms with van der Waals surface area (Å²) in [6, 6.07) is 19.9. The molecule has 0 saturated carbocycles. The largest absolute Gasteiger partial charge is 0.507 e. The topological polar surface area (TPSA) is 118 Å². The molecule has 4 aromatic rings. The lowest BCUT2D eigenvalue weighted by Crippen LogP contribution is -2.29. The number of aromatic hydroxyl groups is 2. The third kappa shape index (κ3) is 3.15. The summed E-state index contributed by atoms with van der Waals surface area (Å²) < 4.78 is 0. The maximum absolute atomic E-state index is 12.3. The van der Waals surface area contributed by atoms with E-state index in [9.17, 15) is 30.3 Å². The summed E-state index contributed by atoms with van der Waals surface area (Å²) in [6.45, 7) is 2.75. The molecule has 5 rings (SSSR count). The van der Waals surface area contributed by atoms with Crippen LogP contribution in [0.15, 0.2) is 66.7 Å². The van der Waals surface area contributed by atoms with E-state index in [-0.39, 0.29) is 30.3 Å². The quantitative estimate of drug-likeness (QED) is 0.247. The van der Waals surface area contributed by atoms with Gasteiger partial charge >= 0.3 is 5.97 Å². The maximum Gasteiger partial charge on any atom is 0.336 e. The van der Waals surface area contributed by atoms with Gasteiger partial charge in [0.1, 0.15) is 11.5 Å². The molecule has 0 unspecified atom stereocenters. The molecule has 0 atom stereocenters. The van der Waals surface area contributed by atoms with Crippen molar-refractivity contribution < 1.29 is 30.3 Å². The second-order valence-electron chi connectivity index (χ2n) is 9.25. The van der Waals surface area contributed by atoms with Crippen LogP contribution in [-0.4, -0.2) is 31.5 Å². The van der Waals surface area contributed by atoms with Gasteiger partial charge in [0.2, 0.25) is 0 Å². The Balaban J connectivity index is 2.03. The molecule has 0 spiro atoms. The monoisotopic (exact) mass is 482 g/mol. The van der Waals surface area contributed by atoms with E-state index in [0.29, 0.717) is 27.8 Å². The number of aromatic carboxylic acids is 1. The van der Waals surface area contributed by atoms with Gasteiger partial charge in [0.25, 0.3) is 0 Å². The summed E-state index contributed by atoms with van der Waals surface area (Å²) in [5, 5.41) is 51.3. The molecular weight excluding hydrogens is 456 g/mol. The molecule has 0 fully saturated rings. The van der Waals surface area contributed by atoms with Gasteiger partial charge in [0.15, 0.2) is 0 Å². The summed E-state index contributed by atoms with van der Waals surface area (Å²) in [6.07, 6.45) is 0. The molecule has 6 heteroatoms. The number of aliphatic hydroxyl groups excluding tert-OH is 2. The van der Waals surface area contributed by atoms with E-state index < -0.39 is 11.4 Å². The van der Waals surface area contributed by atoms with Gasteiger partial charge in [-0.1, -0.05) is 48.5 Å². The highest BCUT2D eigenvalue weighted by Gasteiger charge is 2.48. The highest BCUT2D eigenvalue weighted by molar-refractivity contribution is 6.01. The molecule has 5 N–H and O–H groups in total. The molecule has 0 amide bonds. The van der Waals surface area contributed by atoms with Crippen molar-refractivity contribution in [2.24, 2.45) is 0 Å². The highest BCUT2D eigenvalue weighted by Crippen LogP contribution is 2.58. The molecule has 0 bridgehead atoms. The first-order valence-corrected chi connectivity index (χ1v) is 11.6. The molecule has 1 aliphatic carbocycles. The molecule has 1 aliphatic rings. The first-order chi connectivity index (χ1) is 17.2. The van der Waals surface area contributed by atoms with Crippen LogP contribution in [0.25, 0.3) is 11.1 Å². The van der Waals surface area contributed by atoms with Gasteiger partial charge in [-0.25, -0.2) is 4.79 Å². The molecule has 6 nitrogen and oxygen atoms in total. The van der Waals surface area contributed by atoms with Crippen LogP contribution in [-0.2, 0) is 18.6 Å². The van der Waals surface area contributed by atoms with E-state index in [1.165, 1.54) is 0 Å². The average molecular weight is 483 g/mol. The average Bonchev–Trinajstić information content (AvgIpc) is 3.18. The van der Waals surface area contributed by atoms with Crippen LogP contribution >= 0.6 is 0 Å². The number of hydrogen-bond donors (Lipinski definition) is 5. The molecule has 36 heavy (non-hydrogen) atoms. The number of carboxylic acid groups (broad SMARTS) is 1. The number of hydrogen-bond acceptors (Lipinski definition) is 5. The van der Waals surface area contributed by atoms with Crippen LogP contribution in [0.1, 0.15) is 54.9 Å². The van der Waals surface area contributed by atoms with Crippen molar-refractivity contribution in [2.45, 2.75) is 32.5 Å². The van der Waals surface area contributed by atoms with Crippen molar-refractivity contribution in [1.29, 1.82) is 0 Å². The van der Waals surface area contributed by atoms with Crippen LogP contribution in [0, 0.1) is 13.8 Å². The van der Waals surface area contributed by atoms with E-state index in [0.717, 1.165) is 27.8 Å². The van der Waals surface area contributed by atoms with Gasteiger partial charge in [-0.15, -0.1) is 0 Å². The van der Waals surface area contributed by atoms with Crippen molar-refractivity contribution in [3.63, 3.8) is 0 Å². The second-order valence-corrected chi connectivity index (χ2v) is 9.25. The van der Waals surface area contributed by atoms with Gasteiger partial charge in [-0.05, 0) is 71.0 Å². The number of phenols is 2. The van der Waals surface area contributed by atoms with E-state index in [4.69, 9.17) is 0 Å². The Morgan fingerprint density at radius 2 is 1.28 bits per heavy atom. The lowest BCUT2D eigenvalue weighted by Gasteiger charge is -2.35. The third-order valence-electron chi connectivity index (χ3n) is 7.26. The van der Waals surface area contributed by atoms with Gasteiger partial charge in [-0.2, -0.15) is 0 Å². The molecule has 0 aliphatic heterocycles. The molecule has 0 heterocycles. The molecular formula is C30H26O6. The molecule has 0 radical (unpaired) electrons. The van der Waals surface area contributed by atoms with Crippen LogP contribution in [0.2, 0.25) is 0 Å². The van der Waals surface area contributed by atoms with Gasteiger partial charge < -0.3 is 25.5 Å². The number of aliphatic hydroxyl groups is 2. The smallest absolute Gasteiger partial charge is 0.336 e. The highest BCUT2D eigenvalue weighted by atomic mass is 16.4. The summed E-state index contributed by atoms with van der Waals surface area (Å²) in [5.41, 5.74) is 5.32. The van der Waals surface area contributed by atoms with Crippen LogP contribution in [0.3, 0.4) is 0 Å². The van der Waals surface area contributed by atoms with Crippen molar-refractivity contribution in [3.8, 4) is 22.6 Å². The zero-order valence-corrected chi connectivity index (χ0v) is 19.9. The van der Waals surface area contributed by atoms with Crippen molar-refractivity contribution >= 4 is 5.97 Å². The second kappa shape index (κ2) is 8.52. The minimum atomic E-state index is -1.05. The Labute approximate surface area is 208 Å². The van der Waals surface area contributed by atoms with E-state index in [1.54, 1.807) is 38.1 Å². The Kier molecular flexibility index (Phi) is 5.58. The number of aryl methyl sites for hydroxylation is 2. The standard InChI is InChI=1S/C30H26O6/c1-16-10-20(12-18(14-31)27(16)33)30(21-11-17(2)28(34)19(13-21)15-32)24-8-4-3-6-22(24)26-23(29(35)36)7-5-9-25(26)30/h3-13,31-34H,14-15H2,1-2H3,(H,35,36). The number of rotatable bonds is 5. The van der Waals surface area contributed by atoms with Gasteiger partial charge in [0.05, 0.1) is 24.2 Å². The number of carboxylic acids is 1. The molecule has 0 saturated heterocycles. The maximum atomic E-state index is 12.3. The summed E-state index contributed by atoms with van der Waals surface area (Å²) in [7, 11) is 0. The van der Waals surface area contributed by atoms with Crippen LogP contribution < -0.4 is 0 Å². The van der Waals surface area contributed by atoms with Crippen molar-refractivity contribution in [2.75, 3.05) is 0 Å². The summed E-state index contributed by atoms with van der Waals surface area (Å²) in [5.74, 6) is -1.05. The number of carbonyl (C=O) groups is 1. The first-order valence-electron chi connectivity index (χ1n) is 11.6. The first kappa shape index (κ1) is 23.6. The molecule has 182 valence electrons. The van der Waals surface area contributed by atoms with Crippen molar-refractivity contribution in [1.82, 2.24) is 0 Å². The zero-order chi connectivity index (χ0) is 25.8. The van der Waals surface area contributed by atoms with Gasteiger partial charge in [-0.3, -0.25) is 0 Å². The number of fused-ring (bicyclic) bond motifs is 3. The van der Waals surface area contributed by atoms with Crippen molar-refractivity contribution in [3.05, 3.63) is 117 Å². The summed E-state index contributed by atoms with van der Waals surface area (Å²) in [4.78, 5) is 12.3. The minimum Gasteiger partial charge on any atom is -0.507 e. The Morgan fingerprint density at radius 3 is 1.81 bits per heavy atom. The fraction of sp³-hybridized carbons (Fsp3) is 0.167. The fourth-order valence-corrected chi connectivity index (χ4v) is 5.67. The Morgan fingerprint density at radius 1 is 0.750 bits per heavy atom. The minimum absolute atomic E-state index is 0.000117. The van der Waals surface area contributed by atoms with Crippen LogP contribution in [0.5, 0.6) is 11.5 Å². The predicted octanol–water partition coefficient (Wildman–Crippen LogP) is 4.76. The fourth-order valence-electron chi connectivity index (χ4n) is 5.67.